The van der Waals surface area contributed by atoms with Crippen molar-refractivity contribution < 1.29 is 0 Å². The van der Waals surface area contributed by atoms with E-state index in [4.69, 9.17) is 5.73 Å². The maximum atomic E-state index is 6.28. The largest absolute Gasteiger partial charge is 0.327 e. The van der Waals surface area contributed by atoms with E-state index in [0.29, 0.717) is 18.0 Å². The minimum Gasteiger partial charge on any atom is -0.327 e. The van der Waals surface area contributed by atoms with Gasteiger partial charge >= 0.3 is 0 Å². The molecule has 3 nitrogen and oxygen atoms in total. The first kappa shape index (κ1) is 14.8. The van der Waals surface area contributed by atoms with Crippen LogP contribution in [0.1, 0.15) is 37.9 Å². The Kier molecular flexibility index (Phi) is 4.82. The van der Waals surface area contributed by atoms with Gasteiger partial charge in [0.2, 0.25) is 0 Å². The predicted octanol–water partition coefficient (Wildman–Crippen LogP) is 2.62. The van der Waals surface area contributed by atoms with Crippen molar-refractivity contribution >= 4 is 12.4 Å². The van der Waals surface area contributed by atoms with Gasteiger partial charge in [-0.25, -0.2) is 0 Å². The molecule has 0 amide bonds. The second kappa shape index (κ2) is 6.21. The summed E-state index contributed by atoms with van der Waals surface area (Å²) < 4.78 is 0. The Morgan fingerprint density at radius 1 is 1.32 bits per heavy atom. The number of rotatable bonds is 2. The quantitative estimate of drug-likeness (QED) is 0.906. The fraction of sp³-hybridized carbons (Fsp3) is 0.667. The molecule has 0 radical (unpaired) electrons. The van der Waals surface area contributed by atoms with Crippen molar-refractivity contribution in [1.29, 1.82) is 0 Å². The summed E-state index contributed by atoms with van der Waals surface area (Å²) in [5, 5.41) is 0. The first-order chi connectivity index (χ1) is 8.75. The van der Waals surface area contributed by atoms with Gasteiger partial charge in [-0.2, -0.15) is 0 Å². The van der Waals surface area contributed by atoms with Gasteiger partial charge in [0.15, 0.2) is 0 Å². The lowest BCUT2D eigenvalue weighted by molar-refractivity contribution is 0.241. The number of fused-ring (bicyclic) bond motifs is 1. The first-order valence-electron chi connectivity index (χ1n) is 7.16. The fourth-order valence-electron chi connectivity index (χ4n) is 3.68. The van der Waals surface area contributed by atoms with E-state index in [9.17, 15) is 0 Å². The maximum absolute atomic E-state index is 6.28. The molecule has 4 atom stereocenters. The smallest absolute Gasteiger partial charge is 0.0572 e. The molecule has 2 heterocycles. The third-order valence-electron chi connectivity index (χ3n) is 4.85. The van der Waals surface area contributed by atoms with E-state index in [1.54, 1.807) is 0 Å². The first-order valence-corrected chi connectivity index (χ1v) is 7.16. The Morgan fingerprint density at radius 3 is 2.84 bits per heavy atom. The van der Waals surface area contributed by atoms with Crippen LogP contribution in [0.25, 0.3) is 0 Å². The Balaban J connectivity index is 0.00000133. The number of hydrogen-bond donors (Lipinski definition) is 1. The van der Waals surface area contributed by atoms with Crippen LogP contribution in [0.4, 0.5) is 0 Å². The summed E-state index contributed by atoms with van der Waals surface area (Å²) >= 11 is 0. The van der Waals surface area contributed by atoms with E-state index < -0.39 is 0 Å². The molecule has 4 unspecified atom stereocenters. The van der Waals surface area contributed by atoms with E-state index in [1.807, 2.05) is 12.3 Å². The molecule has 3 rings (SSSR count). The zero-order chi connectivity index (χ0) is 12.5. The lowest BCUT2D eigenvalue weighted by atomic mass is 9.78. The second-order valence-corrected chi connectivity index (χ2v) is 5.90. The van der Waals surface area contributed by atoms with E-state index >= 15 is 0 Å². The van der Waals surface area contributed by atoms with Gasteiger partial charge in [0.25, 0.3) is 0 Å². The van der Waals surface area contributed by atoms with Crippen LogP contribution in [0.5, 0.6) is 0 Å². The monoisotopic (exact) mass is 281 g/mol. The SMILES string of the molecule is CC(c1ccccn1)N1CC2CCCC(N)C2C1.Cl. The summed E-state index contributed by atoms with van der Waals surface area (Å²) in [4.78, 5) is 7.06. The van der Waals surface area contributed by atoms with Crippen LogP contribution in [0, 0.1) is 11.8 Å². The topological polar surface area (TPSA) is 42.2 Å². The highest BCUT2D eigenvalue weighted by Crippen LogP contribution is 2.38. The van der Waals surface area contributed by atoms with Gasteiger partial charge in [-0.15, -0.1) is 12.4 Å². The molecule has 0 aromatic carbocycles. The molecule has 1 saturated heterocycles. The minimum absolute atomic E-state index is 0. The highest BCUT2D eigenvalue weighted by atomic mass is 35.5. The van der Waals surface area contributed by atoms with Gasteiger partial charge in [-0.1, -0.05) is 12.5 Å². The van der Waals surface area contributed by atoms with Gasteiger partial charge in [0.05, 0.1) is 5.69 Å². The van der Waals surface area contributed by atoms with Crippen LogP contribution in [0.3, 0.4) is 0 Å². The van der Waals surface area contributed by atoms with Crippen molar-refractivity contribution in [2.45, 2.75) is 38.3 Å². The number of hydrogen-bond acceptors (Lipinski definition) is 3. The summed E-state index contributed by atoms with van der Waals surface area (Å²) in [6, 6.07) is 7.03. The van der Waals surface area contributed by atoms with Crippen molar-refractivity contribution in [2.75, 3.05) is 13.1 Å². The van der Waals surface area contributed by atoms with Gasteiger partial charge in [-0.05, 0) is 43.7 Å². The maximum Gasteiger partial charge on any atom is 0.0572 e. The van der Waals surface area contributed by atoms with Gasteiger partial charge in [0, 0.05) is 31.4 Å². The molecule has 4 heteroatoms. The van der Waals surface area contributed by atoms with Crippen molar-refractivity contribution in [3.05, 3.63) is 30.1 Å². The van der Waals surface area contributed by atoms with Crippen LogP contribution in [0.15, 0.2) is 24.4 Å². The zero-order valence-electron chi connectivity index (χ0n) is 11.5. The second-order valence-electron chi connectivity index (χ2n) is 5.90. The number of pyridine rings is 1. The van der Waals surface area contributed by atoms with E-state index in [-0.39, 0.29) is 12.4 Å². The van der Waals surface area contributed by atoms with Crippen molar-refractivity contribution in [2.24, 2.45) is 17.6 Å². The molecule has 1 aromatic rings. The predicted molar refractivity (Wildman–Crippen MR) is 80.3 cm³/mol. The third kappa shape index (κ3) is 2.93. The molecule has 1 saturated carbocycles. The van der Waals surface area contributed by atoms with Gasteiger partial charge in [-0.3, -0.25) is 9.88 Å². The average molecular weight is 282 g/mol. The molecule has 1 aromatic heterocycles. The summed E-state index contributed by atoms with van der Waals surface area (Å²) in [6.45, 7) is 4.63. The molecule has 2 N–H and O–H groups in total. The fourth-order valence-corrected chi connectivity index (χ4v) is 3.68. The molecule has 1 aliphatic carbocycles. The van der Waals surface area contributed by atoms with Crippen molar-refractivity contribution in [1.82, 2.24) is 9.88 Å². The number of nitrogens with zero attached hydrogens (tertiary/aromatic N) is 2. The molecule has 0 bridgehead atoms. The number of aromatic nitrogens is 1. The summed E-state index contributed by atoms with van der Waals surface area (Å²) in [5.41, 5.74) is 7.46. The van der Waals surface area contributed by atoms with E-state index in [1.165, 1.54) is 31.5 Å². The molecule has 2 aliphatic rings. The van der Waals surface area contributed by atoms with E-state index in [2.05, 4.69) is 28.9 Å². The van der Waals surface area contributed by atoms with Crippen molar-refractivity contribution in [3.63, 3.8) is 0 Å². The number of halogens is 1. The molecular formula is C15H24ClN3. The lowest BCUT2D eigenvalue weighted by Crippen LogP contribution is -2.38. The lowest BCUT2D eigenvalue weighted by Gasteiger charge is -2.30. The Hall–Kier alpha value is -0.640. The Labute approximate surface area is 122 Å². The Bertz CT molecular complexity index is 398. The molecule has 19 heavy (non-hydrogen) atoms. The van der Waals surface area contributed by atoms with E-state index in [0.717, 1.165) is 12.5 Å². The molecule has 2 fully saturated rings. The minimum atomic E-state index is 0. The van der Waals surface area contributed by atoms with Crippen LogP contribution < -0.4 is 5.73 Å². The highest BCUT2D eigenvalue weighted by Gasteiger charge is 2.40. The average Bonchev–Trinajstić information content (AvgIpc) is 2.84. The molecule has 106 valence electrons. The Morgan fingerprint density at radius 2 is 2.16 bits per heavy atom. The molecular weight excluding hydrogens is 258 g/mol. The van der Waals surface area contributed by atoms with Crippen LogP contribution in [-0.4, -0.2) is 29.0 Å². The van der Waals surface area contributed by atoms with Crippen LogP contribution in [0.2, 0.25) is 0 Å². The normalized spacial score (nSPS) is 32.4. The summed E-state index contributed by atoms with van der Waals surface area (Å²) in [6.07, 6.45) is 5.78. The highest BCUT2D eigenvalue weighted by molar-refractivity contribution is 5.85. The molecule has 0 spiro atoms. The van der Waals surface area contributed by atoms with Gasteiger partial charge < -0.3 is 5.73 Å². The van der Waals surface area contributed by atoms with Gasteiger partial charge in [0.1, 0.15) is 0 Å². The summed E-state index contributed by atoms with van der Waals surface area (Å²) in [5.74, 6) is 1.53. The van der Waals surface area contributed by atoms with Crippen LogP contribution in [-0.2, 0) is 0 Å². The van der Waals surface area contributed by atoms with Crippen LogP contribution >= 0.6 is 12.4 Å². The third-order valence-corrected chi connectivity index (χ3v) is 4.85. The summed E-state index contributed by atoms with van der Waals surface area (Å²) in [7, 11) is 0. The number of likely N-dealkylation sites (tertiary alicyclic amines) is 1. The van der Waals surface area contributed by atoms with Crippen molar-refractivity contribution in [3.8, 4) is 0 Å². The number of nitrogens with two attached hydrogens (primary N) is 1. The molecule has 1 aliphatic heterocycles. The zero-order valence-corrected chi connectivity index (χ0v) is 12.4. The standard InChI is InChI=1S/C15H23N3.ClH/c1-11(15-7-2-3-8-17-15)18-9-12-5-4-6-14(16)13(12)10-18;/h2-3,7-8,11-14H,4-6,9-10,16H2,1H3;1H.